The first-order chi connectivity index (χ1) is 11.8. The molecule has 2 aromatic rings. The van der Waals surface area contributed by atoms with Crippen molar-refractivity contribution in [2.24, 2.45) is 0 Å². The molecule has 1 atom stereocenters. The van der Waals surface area contributed by atoms with Crippen LogP contribution in [-0.4, -0.2) is 24.0 Å². The SMILES string of the molecule is C=C(O)C(Cc1ccc(CCc2ccccc2)cc1)OCC(F)(F)F. The molecule has 0 heterocycles. The zero-order chi connectivity index (χ0) is 18.3. The van der Waals surface area contributed by atoms with Gasteiger partial charge >= 0.3 is 6.18 Å². The van der Waals surface area contributed by atoms with Crippen LogP contribution >= 0.6 is 0 Å². The monoisotopic (exact) mass is 350 g/mol. The van der Waals surface area contributed by atoms with Crippen LogP contribution < -0.4 is 0 Å². The Hall–Kier alpha value is -2.27. The topological polar surface area (TPSA) is 29.5 Å². The fraction of sp³-hybridized carbons (Fsp3) is 0.300. The van der Waals surface area contributed by atoms with Crippen LogP contribution in [0.5, 0.6) is 0 Å². The van der Waals surface area contributed by atoms with E-state index in [-0.39, 0.29) is 6.42 Å². The maximum atomic E-state index is 12.3. The van der Waals surface area contributed by atoms with E-state index in [0.29, 0.717) is 0 Å². The van der Waals surface area contributed by atoms with E-state index in [1.54, 1.807) is 0 Å². The van der Waals surface area contributed by atoms with Crippen molar-refractivity contribution in [3.8, 4) is 0 Å². The van der Waals surface area contributed by atoms with Crippen LogP contribution in [0.4, 0.5) is 13.2 Å². The molecule has 0 spiro atoms. The molecule has 0 aromatic heterocycles. The number of benzene rings is 2. The van der Waals surface area contributed by atoms with Crippen molar-refractivity contribution in [3.63, 3.8) is 0 Å². The number of alkyl halides is 3. The summed E-state index contributed by atoms with van der Waals surface area (Å²) in [5.74, 6) is -0.405. The van der Waals surface area contributed by atoms with Crippen molar-refractivity contribution in [1.29, 1.82) is 0 Å². The maximum absolute atomic E-state index is 12.3. The fourth-order valence-electron chi connectivity index (χ4n) is 2.46. The van der Waals surface area contributed by atoms with Gasteiger partial charge in [0.15, 0.2) is 0 Å². The van der Waals surface area contributed by atoms with Crippen molar-refractivity contribution in [2.75, 3.05) is 6.61 Å². The van der Waals surface area contributed by atoms with Crippen LogP contribution in [-0.2, 0) is 24.0 Å². The minimum absolute atomic E-state index is 0.143. The van der Waals surface area contributed by atoms with Crippen LogP contribution in [0, 0.1) is 0 Å². The Balaban J connectivity index is 1.90. The minimum atomic E-state index is -4.44. The Bertz CT molecular complexity index is 664. The predicted molar refractivity (Wildman–Crippen MR) is 91.6 cm³/mol. The minimum Gasteiger partial charge on any atom is -0.510 e. The molecule has 2 nitrogen and oxygen atoms in total. The molecular weight excluding hydrogens is 329 g/mol. The standard InChI is InChI=1S/C20H21F3O2/c1-15(24)19(25-14-20(21,22)23)13-18-11-9-17(10-12-18)8-7-16-5-3-2-4-6-16/h2-6,9-12,19,24H,1,7-8,13-14H2. The Labute approximate surface area is 145 Å². The second-order valence-corrected chi connectivity index (χ2v) is 5.91. The molecule has 25 heavy (non-hydrogen) atoms. The summed E-state index contributed by atoms with van der Waals surface area (Å²) >= 11 is 0. The highest BCUT2D eigenvalue weighted by Gasteiger charge is 2.30. The third-order valence-electron chi connectivity index (χ3n) is 3.81. The number of aliphatic hydroxyl groups is 1. The first-order valence-electron chi connectivity index (χ1n) is 8.01. The molecule has 0 aliphatic heterocycles. The summed E-state index contributed by atoms with van der Waals surface area (Å²) in [4.78, 5) is 0. The summed E-state index contributed by atoms with van der Waals surface area (Å²) in [7, 11) is 0. The van der Waals surface area contributed by atoms with E-state index in [0.717, 1.165) is 24.0 Å². The van der Waals surface area contributed by atoms with Crippen LogP contribution in [0.25, 0.3) is 0 Å². The summed E-state index contributed by atoms with van der Waals surface area (Å²) in [6.45, 7) is 1.89. The molecule has 5 heteroatoms. The highest BCUT2D eigenvalue weighted by atomic mass is 19.4. The highest BCUT2D eigenvalue weighted by Crippen LogP contribution is 2.19. The Morgan fingerprint density at radius 1 is 0.920 bits per heavy atom. The van der Waals surface area contributed by atoms with Crippen LogP contribution in [0.1, 0.15) is 16.7 Å². The summed E-state index contributed by atoms with van der Waals surface area (Å²) in [6.07, 6.45) is -3.56. The van der Waals surface area contributed by atoms with Crippen molar-refractivity contribution in [1.82, 2.24) is 0 Å². The van der Waals surface area contributed by atoms with Gasteiger partial charge in [-0.3, -0.25) is 0 Å². The van der Waals surface area contributed by atoms with Crippen molar-refractivity contribution >= 4 is 0 Å². The average molecular weight is 350 g/mol. The van der Waals surface area contributed by atoms with E-state index in [9.17, 15) is 18.3 Å². The molecule has 0 saturated heterocycles. The fourth-order valence-corrected chi connectivity index (χ4v) is 2.46. The summed E-state index contributed by atoms with van der Waals surface area (Å²) in [5, 5.41) is 9.45. The molecule has 2 rings (SSSR count). The van der Waals surface area contributed by atoms with Gasteiger partial charge in [0, 0.05) is 6.42 Å². The van der Waals surface area contributed by atoms with Gasteiger partial charge < -0.3 is 9.84 Å². The Morgan fingerprint density at radius 3 is 1.96 bits per heavy atom. The van der Waals surface area contributed by atoms with E-state index < -0.39 is 24.6 Å². The predicted octanol–water partition coefficient (Wildman–Crippen LogP) is 5.03. The summed E-state index contributed by atoms with van der Waals surface area (Å²) < 4.78 is 41.5. The van der Waals surface area contributed by atoms with Gasteiger partial charge in [-0.15, -0.1) is 0 Å². The van der Waals surface area contributed by atoms with Gasteiger partial charge in [-0.25, -0.2) is 0 Å². The van der Waals surface area contributed by atoms with Gasteiger partial charge in [-0.1, -0.05) is 61.2 Å². The van der Waals surface area contributed by atoms with Crippen LogP contribution in [0.3, 0.4) is 0 Å². The Kier molecular flexibility index (Phi) is 6.65. The third-order valence-corrected chi connectivity index (χ3v) is 3.81. The molecule has 0 aliphatic carbocycles. The lowest BCUT2D eigenvalue weighted by molar-refractivity contribution is -0.183. The lowest BCUT2D eigenvalue weighted by atomic mass is 10.0. The van der Waals surface area contributed by atoms with E-state index in [1.807, 2.05) is 42.5 Å². The van der Waals surface area contributed by atoms with Gasteiger partial charge in [0.2, 0.25) is 0 Å². The van der Waals surface area contributed by atoms with E-state index >= 15 is 0 Å². The van der Waals surface area contributed by atoms with E-state index in [1.165, 1.54) is 5.56 Å². The molecular formula is C20H21F3O2. The number of rotatable bonds is 8. The molecule has 0 bridgehead atoms. The van der Waals surface area contributed by atoms with Crippen LogP contribution in [0.2, 0.25) is 0 Å². The molecule has 0 fully saturated rings. The second kappa shape index (κ2) is 8.72. The largest absolute Gasteiger partial charge is 0.510 e. The first kappa shape index (κ1) is 19.1. The third kappa shape index (κ3) is 7.01. The zero-order valence-electron chi connectivity index (χ0n) is 13.8. The molecule has 0 amide bonds. The normalized spacial score (nSPS) is 12.8. The molecule has 1 unspecified atom stereocenters. The van der Waals surface area contributed by atoms with Crippen LogP contribution in [0.15, 0.2) is 66.9 Å². The van der Waals surface area contributed by atoms with E-state index in [4.69, 9.17) is 4.74 Å². The molecule has 0 radical (unpaired) electrons. The number of aryl methyl sites for hydroxylation is 2. The number of hydrogen-bond donors (Lipinski definition) is 1. The smallest absolute Gasteiger partial charge is 0.411 e. The van der Waals surface area contributed by atoms with Gasteiger partial charge in [-0.2, -0.15) is 13.2 Å². The molecule has 1 N–H and O–H groups in total. The first-order valence-corrected chi connectivity index (χ1v) is 8.01. The lowest BCUT2D eigenvalue weighted by Gasteiger charge is -2.18. The molecule has 0 saturated carbocycles. The van der Waals surface area contributed by atoms with E-state index in [2.05, 4.69) is 18.7 Å². The van der Waals surface area contributed by atoms with Gasteiger partial charge in [-0.05, 0) is 29.5 Å². The number of aliphatic hydroxyl groups excluding tert-OH is 1. The summed E-state index contributed by atoms with van der Waals surface area (Å²) in [5.41, 5.74) is 3.18. The quantitative estimate of drug-likeness (QED) is 0.677. The average Bonchev–Trinajstić information content (AvgIpc) is 2.57. The van der Waals surface area contributed by atoms with Gasteiger partial charge in [0.25, 0.3) is 0 Å². The van der Waals surface area contributed by atoms with Gasteiger partial charge in [0.1, 0.15) is 18.5 Å². The van der Waals surface area contributed by atoms with Crippen molar-refractivity contribution in [3.05, 3.63) is 83.6 Å². The lowest BCUT2D eigenvalue weighted by Crippen LogP contribution is -2.26. The molecule has 2 aromatic carbocycles. The molecule has 0 aliphatic rings. The number of hydrogen-bond acceptors (Lipinski definition) is 2. The van der Waals surface area contributed by atoms with Crippen molar-refractivity contribution in [2.45, 2.75) is 31.5 Å². The molecule has 134 valence electrons. The number of halogens is 3. The second-order valence-electron chi connectivity index (χ2n) is 5.91. The zero-order valence-corrected chi connectivity index (χ0v) is 13.8. The summed E-state index contributed by atoms with van der Waals surface area (Å²) in [6, 6.07) is 17.7. The highest BCUT2D eigenvalue weighted by molar-refractivity contribution is 5.25. The van der Waals surface area contributed by atoms with Crippen molar-refractivity contribution < 1.29 is 23.0 Å². The maximum Gasteiger partial charge on any atom is 0.411 e. The Morgan fingerprint density at radius 2 is 1.44 bits per heavy atom. The van der Waals surface area contributed by atoms with Gasteiger partial charge in [0.05, 0.1) is 0 Å². The number of ether oxygens (including phenoxy) is 1.